The molecule has 3 rings (SSSR count). The molecule has 3 aliphatic rings. The zero-order valence-electron chi connectivity index (χ0n) is 20.1. The predicted molar refractivity (Wildman–Crippen MR) is 124 cm³/mol. The number of hydrogen-bond acceptors (Lipinski definition) is 4. The van der Waals surface area contributed by atoms with Gasteiger partial charge in [0.1, 0.15) is 6.10 Å². The van der Waals surface area contributed by atoms with E-state index in [0.717, 1.165) is 32.4 Å². The van der Waals surface area contributed by atoms with Gasteiger partial charge in [-0.2, -0.15) is 0 Å². The lowest BCUT2D eigenvalue weighted by Gasteiger charge is -2.45. The highest BCUT2D eigenvalue weighted by Gasteiger charge is 2.52. The Labute approximate surface area is 185 Å². The van der Waals surface area contributed by atoms with Gasteiger partial charge in [-0.15, -0.1) is 0 Å². The van der Waals surface area contributed by atoms with Crippen LogP contribution in [0.1, 0.15) is 91.9 Å². The van der Waals surface area contributed by atoms with Crippen molar-refractivity contribution in [2.45, 2.75) is 98.0 Å². The quantitative estimate of drug-likeness (QED) is 0.264. The van der Waals surface area contributed by atoms with E-state index in [-0.39, 0.29) is 23.4 Å². The van der Waals surface area contributed by atoms with E-state index in [1.165, 1.54) is 64.6 Å². The lowest BCUT2D eigenvalue weighted by atomic mass is 9.59. The summed E-state index contributed by atoms with van der Waals surface area (Å²) in [5.74, 6) is 0.468. The monoisotopic (exact) mass is 418 g/mol. The van der Waals surface area contributed by atoms with Gasteiger partial charge in [0.25, 0.3) is 0 Å². The van der Waals surface area contributed by atoms with Crippen LogP contribution in [0.2, 0.25) is 0 Å². The molecule has 1 aliphatic heterocycles. The van der Waals surface area contributed by atoms with E-state index in [4.69, 9.17) is 4.74 Å². The molecule has 1 N–H and O–H groups in total. The number of esters is 1. The fraction of sp³-hybridized carbons (Fsp3) is 0.885. The van der Waals surface area contributed by atoms with Crippen LogP contribution in [0, 0.1) is 17.3 Å². The number of ether oxygens (including phenoxy) is 1. The van der Waals surface area contributed by atoms with Crippen LogP contribution in [0.4, 0.5) is 0 Å². The third kappa shape index (κ3) is 5.68. The van der Waals surface area contributed by atoms with Gasteiger partial charge in [0.15, 0.2) is 0 Å². The second-order valence-electron chi connectivity index (χ2n) is 10.4. The summed E-state index contributed by atoms with van der Waals surface area (Å²) >= 11 is 0. The average Bonchev–Trinajstić information content (AvgIpc) is 3.01. The number of fused-ring (bicyclic) bond motifs is 2. The van der Waals surface area contributed by atoms with Crippen LogP contribution in [0.25, 0.3) is 0 Å². The van der Waals surface area contributed by atoms with E-state index in [1.54, 1.807) is 11.1 Å². The predicted octanol–water partition coefficient (Wildman–Crippen LogP) is 5.33. The molecule has 30 heavy (non-hydrogen) atoms. The van der Waals surface area contributed by atoms with Gasteiger partial charge in [-0.05, 0) is 89.9 Å². The van der Waals surface area contributed by atoms with Crippen LogP contribution in [0.3, 0.4) is 0 Å². The van der Waals surface area contributed by atoms with Gasteiger partial charge >= 0.3 is 5.97 Å². The fourth-order valence-electron chi connectivity index (χ4n) is 6.13. The summed E-state index contributed by atoms with van der Waals surface area (Å²) in [6.45, 7) is 14.7. The second-order valence-corrected chi connectivity index (χ2v) is 10.4. The summed E-state index contributed by atoms with van der Waals surface area (Å²) in [4.78, 5) is 15.3. The first-order valence-electron chi connectivity index (χ1n) is 12.8. The Morgan fingerprint density at radius 3 is 2.53 bits per heavy atom. The maximum Gasteiger partial charge on any atom is 0.310 e. The summed E-state index contributed by atoms with van der Waals surface area (Å²) in [5.41, 5.74) is 3.51. The van der Waals surface area contributed by atoms with Crippen molar-refractivity contribution >= 4 is 5.97 Å². The summed E-state index contributed by atoms with van der Waals surface area (Å²) in [5, 5.41) is 3.61. The molecule has 0 aromatic carbocycles. The molecule has 0 radical (unpaired) electrons. The van der Waals surface area contributed by atoms with Gasteiger partial charge in [-0.3, -0.25) is 4.79 Å². The summed E-state index contributed by atoms with van der Waals surface area (Å²) in [6, 6.07) is 0. The number of nitrogens with one attached hydrogen (secondary N) is 1. The SMILES string of the molecule is CCCCN(CCCC)CCCNC[C@@H]1C(=O)O[C@@H]2C[C@@]3(C)CCCC(C)=C3C[C@H]12. The lowest BCUT2D eigenvalue weighted by Crippen LogP contribution is -2.41. The first-order valence-corrected chi connectivity index (χ1v) is 12.8. The molecule has 1 saturated carbocycles. The van der Waals surface area contributed by atoms with Crippen LogP contribution in [0.15, 0.2) is 11.1 Å². The topological polar surface area (TPSA) is 41.6 Å². The van der Waals surface area contributed by atoms with Crippen molar-refractivity contribution in [1.29, 1.82) is 0 Å². The van der Waals surface area contributed by atoms with Crippen molar-refractivity contribution in [3.05, 3.63) is 11.1 Å². The standard InChI is InChI=1S/C26H46N2O2/c1-5-7-14-28(15-8-6-2)16-10-13-27-19-22-21-17-23-20(3)11-9-12-26(23,4)18-24(21)30-25(22)29/h21-22,24,27H,5-19H2,1-4H3/t21-,22+,24-,26-/m1/s1. The molecule has 1 saturated heterocycles. The van der Waals surface area contributed by atoms with Crippen molar-refractivity contribution in [2.24, 2.45) is 17.3 Å². The first-order chi connectivity index (χ1) is 14.5. The molecular weight excluding hydrogens is 372 g/mol. The average molecular weight is 419 g/mol. The van der Waals surface area contributed by atoms with Crippen molar-refractivity contribution in [3.63, 3.8) is 0 Å². The smallest absolute Gasteiger partial charge is 0.310 e. The highest BCUT2D eigenvalue weighted by Crippen LogP contribution is 2.54. The minimum atomic E-state index is 0.0399. The molecule has 2 aliphatic carbocycles. The summed E-state index contributed by atoms with van der Waals surface area (Å²) < 4.78 is 5.90. The molecule has 0 bridgehead atoms. The van der Waals surface area contributed by atoms with E-state index in [2.05, 4.69) is 37.9 Å². The molecule has 2 fully saturated rings. The van der Waals surface area contributed by atoms with Crippen molar-refractivity contribution in [2.75, 3.05) is 32.7 Å². The Hall–Kier alpha value is -0.870. The van der Waals surface area contributed by atoms with E-state index in [1.807, 2.05) is 0 Å². The number of rotatable bonds is 12. The third-order valence-electron chi connectivity index (χ3n) is 8.03. The van der Waals surface area contributed by atoms with Crippen LogP contribution in [-0.4, -0.2) is 49.7 Å². The van der Waals surface area contributed by atoms with Crippen LogP contribution in [-0.2, 0) is 9.53 Å². The van der Waals surface area contributed by atoms with E-state index >= 15 is 0 Å². The highest BCUT2D eigenvalue weighted by molar-refractivity contribution is 5.76. The first kappa shape index (κ1) is 23.8. The third-order valence-corrected chi connectivity index (χ3v) is 8.03. The molecule has 172 valence electrons. The normalized spacial score (nSPS) is 31.1. The molecule has 0 amide bonds. The molecule has 4 nitrogen and oxygen atoms in total. The number of carbonyl (C=O) groups excluding carboxylic acids is 1. The van der Waals surface area contributed by atoms with Gasteiger partial charge in [-0.25, -0.2) is 0 Å². The highest BCUT2D eigenvalue weighted by atomic mass is 16.6. The molecule has 0 aromatic rings. The summed E-state index contributed by atoms with van der Waals surface area (Å²) in [6.07, 6.45) is 12.3. The largest absolute Gasteiger partial charge is 0.462 e. The fourth-order valence-corrected chi connectivity index (χ4v) is 6.13. The Bertz CT molecular complexity index is 594. The van der Waals surface area contributed by atoms with Crippen molar-refractivity contribution in [3.8, 4) is 0 Å². The maximum atomic E-state index is 12.7. The van der Waals surface area contributed by atoms with Crippen LogP contribution in [0.5, 0.6) is 0 Å². The van der Waals surface area contributed by atoms with Crippen LogP contribution < -0.4 is 5.32 Å². The van der Waals surface area contributed by atoms with Crippen molar-refractivity contribution < 1.29 is 9.53 Å². The molecule has 0 unspecified atom stereocenters. The Kier molecular flexibility index (Phi) is 8.82. The Balaban J connectivity index is 1.46. The van der Waals surface area contributed by atoms with Gasteiger partial charge in [-0.1, -0.05) is 44.8 Å². The van der Waals surface area contributed by atoms with E-state index < -0.39 is 0 Å². The van der Waals surface area contributed by atoms with Gasteiger partial charge < -0.3 is 15.0 Å². The summed E-state index contributed by atoms with van der Waals surface area (Å²) in [7, 11) is 0. The van der Waals surface area contributed by atoms with Gasteiger partial charge in [0.05, 0.1) is 5.92 Å². The zero-order chi connectivity index (χ0) is 21.6. The molecule has 4 atom stereocenters. The molecule has 0 aromatic heterocycles. The molecular formula is C26H46N2O2. The molecule has 1 heterocycles. The second kappa shape index (κ2) is 11.1. The van der Waals surface area contributed by atoms with Gasteiger partial charge in [0.2, 0.25) is 0 Å². The number of hydrogen-bond donors (Lipinski definition) is 1. The number of unbranched alkanes of at least 4 members (excludes halogenated alkanes) is 2. The Morgan fingerprint density at radius 1 is 1.13 bits per heavy atom. The molecule has 4 heteroatoms. The number of nitrogens with zero attached hydrogens (tertiary/aromatic N) is 1. The number of carbonyl (C=O) groups is 1. The van der Waals surface area contributed by atoms with E-state index in [0.29, 0.717) is 5.92 Å². The van der Waals surface area contributed by atoms with Crippen molar-refractivity contribution in [1.82, 2.24) is 10.2 Å². The maximum absolute atomic E-state index is 12.7. The lowest BCUT2D eigenvalue weighted by molar-refractivity contribution is -0.145. The molecule has 0 spiro atoms. The van der Waals surface area contributed by atoms with E-state index in [9.17, 15) is 4.79 Å². The van der Waals surface area contributed by atoms with Crippen LogP contribution >= 0.6 is 0 Å². The Morgan fingerprint density at radius 2 is 1.83 bits per heavy atom. The number of allylic oxidation sites excluding steroid dienone is 2. The zero-order valence-corrected chi connectivity index (χ0v) is 20.1. The van der Waals surface area contributed by atoms with Gasteiger partial charge in [0, 0.05) is 12.5 Å². The minimum Gasteiger partial charge on any atom is -0.462 e. The minimum absolute atomic E-state index is 0.0399.